The lowest BCUT2D eigenvalue weighted by molar-refractivity contribution is 0.221. The zero-order chi connectivity index (χ0) is 29.5. The molecule has 0 amide bonds. The van der Waals surface area contributed by atoms with Gasteiger partial charge in [-0.05, 0) is 102 Å². The van der Waals surface area contributed by atoms with Crippen LogP contribution in [0, 0.1) is 23.0 Å². The van der Waals surface area contributed by atoms with Crippen molar-refractivity contribution < 1.29 is 17.2 Å². The Morgan fingerprint density at radius 1 is 1.07 bits per heavy atom. The first-order chi connectivity index (χ1) is 20.1. The number of sulfonamides is 1. The van der Waals surface area contributed by atoms with Crippen molar-refractivity contribution in [2.75, 3.05) is 13.1 Å². The maximum absolute atomic E-state index is 14.5. The summed E-state index contributed by atoms with van der Waals surface area (Å²) >= 11 is 6.15. The summed E-state index contributed by atoms with van der Waals surface area (Å²) in [5, 5.41) is 5.09. The highest BCUT2D eigenvalue weighted by atomic mass is 35.5. The van der Waals surface area contributed by atoms with Gasteiger partial charge in [0.05, 0.1) is 23.3 Å². The summed E-state index contributed by atoms with van der Waals surface area (Å²) < 4.78 is 59.2. The number of rotatable bonds is 9. The van der Waals surface area contributed by atoms with Gasteiger partial charge in [0.25, 0.3) is 0 Å². The lowest BCUT2D eigenvalue weighted by atomic mass is 9.70. The molecule has 1 heterocycles. The molecule has 2 atom stereocenters. The van der Waals surface area contributed by atoms with E-state index in [2.05, 4.69) is 18.1 Å². The average Bonchev–Trinajstić information content (AvgIpc) is 3.49. The molecule has 1 aromatic heterocycles. The molecule has 0 radical (unpaired) electrons. The van der Waals surface area contributed by atoms with Crippen LogP contribution < -0.4 is 0 Å². The first-order valence-electron chi connectivity index (χ1n) is 14.1. The molecule has 1 saturated carbocycles. The van der Waals surface area contributed by atoms with Crippen molar-refractivity contribution in [3.63, 3.8) is 0 Å². The van der Waals surface area contributed by atoms with Crippen LogP contribution in [0.5, 0.6) is 0 Å². The zero-order valence-corrected chi connectivity index (χ0v) is 24.9. The Labute approximate surface area is 250 Å². The Kier molecular flexibility index (Phi) is 7.81. The fourth-order valence-corrected chi connectivity index (χ4v) is 8.25. The van der Waals surface area contributed by atoms with Crippen LogP contribution in [0.2, 0.25) is 5.02 Å². The van der Waals surface area contributed by atoms with Gasteiger partial charge in [0.15, 0.2) is 0 Å². The lowest BCUT2D eigenvalue weighted by Crippen LogP contribution is -2.42. The van der Waals surface area contributed by atoms with Crippen molar-refractivity contribution in [2.45, 2.75) is 38.4 Å². The normalized spacial score (nSPS) is 19.9. The number of halogens is 3. The summed E-state index contributed by atoms with van der Waals surface area (Å²) in [4.78, 5) is 0. The molecule has 6 rings (SSSR count). The maximum Gasteiger partial charge on any atom is 0.218 e. The van der Waals surface area contributed by atoms with Crippen molar-refractivity contribution in [1.29, 1.82) is 0 Å². The SMILES string of the molecule is C[C@]12Cc3cnn(-c4ccc(F)cc4)c3C=C1CC[C@@H]2CN(CCc1ccccc1F)S(=O)(=O)Cc1cccc(Cl)c1. The minimum absolute atomic E-state index is 0.0702. The quantitative estimate of drug-likeness (QED) is 0.202. The van der Waals surface area contributed by atoms with Gasteiger partial charge in [0.2, 0.25) is 10.0 Å². The van der Waals surface area contributed by atoms with Crippen LogP contribution in [0.3, 0.4) is 0 Å². The van der Waals surface area contributed by atoms with Crippen LogP contribution in [0.1, 0.15) is 42.1 Å². The van der Waals surface area contributed by atoms with Gasteiger partial charge in [-0.25, -0.2) is 26.2 Å². The topological polar surface area (TPSA) is 55.2 Å². The smallest absolute Gasteiger partial charge is 0.218 e. The third-order valence-electron chi connectivity index (χ3n) is 8.87. The third kappa shape index (κ3) is 5.68. The molecule has 4 aromatic rings. The highest BCUT2D eigenvalue weighted by molar-refractivity contribution is 7.88. The van der Waals surface area contributed by atoms with Crippen molar-refractivity contribution >= 4 is 27.7 Å². The summed E-state index contributed by atoms with van der Waals surface area (Å²) in [5.74, 6) is -0.735. The van der Waals surface area contributed by atoms with Crippen molar-refractivity contribution in [3.8, 4) is 5.69 Å². The molecular weight excluding hydrogens is 576 g/mol. The molecule has 218 valence electrons. The van der Waals surface area contributed by atoms with E-state index in [4.69, 9.17) is 11.6 Å². The number of aromatic nitrogens is 2. The van der Waals surface area contributed by atoms with Crippen molar-refractivity contribution in [2.24, 2.45) is 11.3 Å². The lowest BCUT2D eigenvalue weighted by Gasteiger charge is -2.38. The Morgan fingerprint density at radius 3 is 2.62 bits per heavy atom. The fraction of sp³-hybridized carbons (Fsp3) is 0.303. The van der Waals surface area contributed by atoms with Crippen LogP contribution in [0.25, 0.3) is 11.8 Å². The standard InChI is InChI=1S/C33H32ClF2N3O2S/c1-33-19-25-20-37-39(30-13-11-29(35)12-14-30)32(25)18-26(33)9-10-27(33)21-38(16-15-24-6-2-3-8-31(24)36)42(40,41)22-23-5-4-7-28(34)17-23/h2-8,11-14,17-18,20,27H,9-10,15-16,19,21-22H2,1H3/t27-,33+/m1/s1. The first-order valence-corrected chi connectivity index (χ1v) is 16.1. The highest BCUT2D eigenvalue weighted by Gasteiger charge is 2.47. The second-order valence-corrected chi connectivity index (χ2v) is 13.9. The number of nitrogens with zero attached hydrogens (tertiary/aromatic N) is 3. The molecule has 2 aliphatic rings. The summed E-state index contributed by atoms with van der Waals surface area (Å²) in [6.07, 6.45) is 6.75. The fourth-order valence-electron chi connectivity index (χ4n) is 6.48. The van der Waals surface area contributed by atoms with Gasteiger partial charge in [-0.2, -0.15) is 5.10 Å². The van der Waals surface area contributed by atoms with E-state index in [1.807, 2.05) is 10.9 Å². The third-order valence-corrected chi connectivity index (χ3v) is 10.9. The molecule has 3 aromatic carbocycles. The Balaban J connectivity index is 1.27. The van der Waals surface area contributed by atoms with E-state index < -0.39 is 10.0 Å². The van der Waals surface area contributed by atoms with Gasteiger partial charge >= 0.3 is 0 Å². The van der Waals surface area contributed by atoms with E-state index in [9.17, 15) is 17.2 Å². The molecule has 0 unspecified atom stereocenters. The molecule has 0 bridgehead atoms. The van der Waals surface area contributed by atoms with E-state index in [1.165, 1.54) is 23.8 Å². The molecular formula is C33H32ClF2N3O2S. The van der Waals surface area contributed by atoms with Gasteiger partial charge in [0.1, 0.15) is 11.6 Å². The van der Waals surface area contributed by atoms with E-state index in [0.717, 1.165) is 36.2 Å². The number of hydrogen-bond acceptors (Lipinski definition) is 3. The monoisotopic (exact) mass is 607 g/mol. The van der Waals surface area contributed by atoms with Gasteiger partial charge in [-0.3, -0.25) is 0 Å². The zero-order valence-electron chi connectivity index (χ0n) is 23.3. The molecule has 42 heavy (non-hydrogen) atoms. The molecule has 5 nitrogen and oxygen atoms in total. The van der Waals surface area contributed by atoms with Crippen molar-refractivity contribution in [3.05, 3.63) is 124 Å². The predicted octanol–water partition coefficient (Wildman–Crippen LogP) is 7.23. The van der Waals surface area contributed by atoms with Gasteiger partial charge in [-0.15, -0.1) is 0 Å². The molecule has 0 N–H and O–H groups in total. The minimum atomic E-state index is -3.74. The van der Waals surface area contributed by atoms with E-state index in [0.29, 0.717) is 22.7 Å². The number of allylic oxidation sites excluding steroid dienone is 1. The maximum atomic E-state index is 14.5. The summed E-state index contributed by atoms with van der Waals surface area (Å²) in [6.45, 7) is 2.74. The molecule has 2 aliphatic carbocycles. The summed E-state index contributed by atoms with van der Waals surface area (Å²) in [7, 11) is -3.74. The minimum Gasteiger partial charge on any atom is -0.233 e. The highest BCUT2D eigenvalue weighted by Crippen LogP contribution is 2.53. The molecule has 0 aliphatic heterocycles. The van der Waals surface area contributed by atoms with Crippen LogP contribution in [0.4, 0.5) is 8.78 Å². The van der Waals surface area contributed by atoms with E-state index in [1.54, 1.807) is 58.9 Å². The van der Waals surface area contributed by atoms with Gasteiger partial charge < -0.3 is 0 Å². The second-order valence-electron chi connectivity index (χ2n) is 11.5. The Bertz CT molecular complexity index is 1750. The van der Waals surface area contributed by atoms with Gasteiger partial charge in [-0.1, -0.05) is 54.4 Å². The van der Waals surface area contributed by atoms with Crippen LogP contribution in [-0.2, 0) is 28.6 Å². The number of hydrogen-bond donors (Lipinski definition) is 0. The second kappa shape index (κ2) is 11.4. The summed E-state index contributed by atoms with van der Waals surface area (Å²) in [5.41, 5.74) is 4.99. The molecule has 9 heteroatoms. The number of fused-ring (bicyclic) bond motifs is 2. The van der Waals surface area contributed by atoms with Crippen molar-refractivity contribution in [1.82, 2.24) is 14.1 Å². The molecule has 0 spiro atoms. The van der Waals surface area contributed by atoms with E-state index in [-0.39, 0.29) is 41.7 Å². The first kappa shape index (κ1) is 28.8. The Hall–Kier alpha value is -3.33. The predicted molar refractivity (Wildman–Crippen MR) is 162 cm³/mol. The largest absolute Gasteiger partial charge is 0.233 e. The van der Waals surface area contributed by atoms with Crippen LogP contribution >= 0.6 is 11.6 Å². The van der Waals surface area contributed by atoms with Crippen LogP contribution in [0.15, 0.2) is 84.6 Å². The molecule has 1 fully saturated rings. The summed E-state index contributed by atoms with van der Waals surface area (Å²) in [6, 6.07) is 19.7. The van der Waals surface area contributed by atoms with Gasteiger partial charge in [0, 0.05) is 18.1 Å². The average molecular weight is 608 g/mol. The van der Waals surface area contributed by atoms with E-state index >= 15 is 0 Å². The van der Waals surface area contributed by atoms with Crippen LogP contribution in [-0.4, -0.2) is 35.6 Å². The molecule has 0 saturated heterocycles. The Morgan fingerprint density at radius 2 is 1.86 bits per heavy atom. The number of benzene rings is 3.